The molecule has 0 saturated carbocycles. The van der Waals surface area contributed by atoms with Crippen LogP contribution in [-0.2, 0) is 19.1 Å². The van der Waals surface area contributed by atoms with E-state index in [4.69, 9.17) is 30.5 Å². The third-order valence-electron chi connectivity index (χ3n) is 4.53. The van der Waals surface area contributed by atoms with Gasteiger partial charge in [0, 0.05) is 31.7 Å². The number of cyclic esters (lactones) is 2. The molecule has 0 bridgehead atoms. The van der Waals surface area contributed by atoms with Gasteiger partial charge in [0.15, 0.2) is 22.9 Å². The maximum Gasteiger partial charge on any atom is 0.350 e. The summed E-state index contributed by atoms with van der Waals surface area (Å²) in [6.45, 7) is 3.60. The minimum absolute atomic E-state index is 0.215. The first-order valence-electron chi connectivity index (χ1n) is 9.41. The Hall–Kier alpha value is -3.52. The van der Waals surface area contributed by atoms with Gasteiger partial charge in [-0.1, -0.05) is 23.7 Å². The zero-order valence-corrected chi connectivity index (χ0v) is 17.4. The van der Waals surface area contributed by atoms with Crippen molar-refractivity contribution >= 4 is 35.0 Å². The van der Waals surface area contributed by atoms with Gasteiger partial charge in [-0.2, -0.15) is 0 Å². The molecule has 1 saturated heterocycles. The summed E-state index contributed by atoms with van der Waals surface area (Å²) in [5, 5.41) is 3.11. The maximum absolute atomic E-state index is 13.2. The Morgan fingerprint density at radius 2 is 1.61 bits per heavy atom. The van der Waals surface area contributed by atoms with Crippen LogP contribution < -0.4 is 14.8 Å². The molecular weight excluding hydrogens is 426 g/mol. The van der Waals surface area contributed by atoms with E-state index in [-0.39, 0.29) is 33.2 Å². The van der Waals surface area contributed by atoms with Crippen molar-refractivity contribution < 1.29 is 33.3 Å². The fourth-order valence-electron chi connectivity index (χ4n) is 3.11. The lowest BCUT2D eigenvalue weighted by Crippen LogP contribution is -2.42. The van der Waals surface area contributed by atoms with Gasteiger partial charge in [-0.3, -0.25) is 4.79 Å². The van der Waals surface area contributed by atoms with Gasteiger partial charge in [0.25, 0.3) is 5.79 Å². The quantitative estimate of drug-likeness (QED) is 0.332. The smallest absolute Gasteiger partial charge is 0.350 e. The van der Waals surface area contributed by atoms with Gasteiger partial charge in [-0.25, -0.2) is 9.59 Å². The van der Waals surface area contributed by atoms with Crippen molar-refractivity contribution in [3.63, 3.8) is 0 Å². The van der Waals surface area contributed by atoms with Crippen LogP contribution in [0.3, 0.4) is 0 Å². The molecule has 2 aliphatic heterocycles. The second-order valence-electron chi connectivity index (χ2n) is 7.23. The zero-order chi connectivity index (χ0) is 22.2. The summed E-state index contributed by atoms with van der Waals surface area (Å²) in [6.07, 6.45) is 1.13. The Kier molecular flexibility index (Phi) is 5.32. The van der Waals surface area contributed by atoms with Crippen LogP contribution in [0.1, 0.15) is 29.8 Å². The van der Waals surface area contributed by atoms with Crippen molar-refractivity contribution in [1.29, 1.82) is 0 Å². The first kappa shape index (κ1) is 20.7. The SMILES string of the molecule is CC1(C)OC(=O)C(=CNc2cc3c(cc2C(=O)c2ccccc2Cl)OCCO3)C(=O)O1. The molecule has 0 radical (unpaired) electrons. The Morgan fingerprint density at radius 3 is 2.26 bits per heavy atom. The van der Waals surface area contributed by atoms with Crippen molar-refractivity contribution in [2.24, 2.45) is 0 Å². The topological polar surface area (TPSA) is 100 Å². The third-order valence-corrected chi connectivity index (χ3v) is 4.86. The number of halogens is 1. The molecule has 0 spiro atoms. The Morgan fingerprint density at radius 1 is 1.00 bits per heavy atom. The monoisotopic (exact) mass is 443 g/mol. The average Bonchev–Trinajstić information content (AvgIpc) is 2.71. The van der Waals surface area contributed by atoms with E-state index in [9.17, 15) is 14.4 Å². The second-order valence-corrected chi connectivity index (χ2v) is 7.64. The van der Waals surface area contributed by atoms with Crippen molar-refractivity contribution in [3.05, 3.63) is 64.3 Å². The molecule has 8 nitrogen and oxygen atoms in total. The largest absolute Gasteiger partial charge is 0.486 e. The van der Waals surface area contributed by atoms with Crippen LogP contribution in [-0.4, -0.2) is 36.7 Å². The number of ether oxygens (including phenoxy) is 4. The number of nitrogens with one attached hydrogen (secondary N) is 1. The van der Waals surface area contributed by atoms with Crippen LogP contribution in [0.5, 0.6) is 11.5 Å². The molecule has 1 fully saturated rings. The Labute approximate surface area is 182 Å². The molecule has 2 heterocycles. The molecule has 0 aromatic heterocycles. The van der Waals surface area contributed by atoms with Crippen LogP contribution in [0.4, 0.5) is 5.69 Å². The van der Waals surface area contributed by atoms with Crippen LogP contribution in [0.25, 0.3) is 0 Å². The van der Waals surface area contributed by atoms with Crippen molar-refractivity contribution in [2.75, 3.05) is 18.5 Å². The van der Waals surface area contributed by atoms with Crippen molar-refractivity contribution in [3.8, 4) is 11.5 Å². The van der Waals surface area contributed by atoms with Gasteiger partial charge in [-0.05, 0) is 18.2 Å². The molecule has 0 atom stereocenters. The molecule has 0 amide bonds. The summed E-state index contributed by atoms with van der Waals surface area (Å²) in [6, 6.07) is 9.70. The lowest BCUT2D eigenvalue weighted by atomic mass is 10.0. The fourth-order valence-corrected chi connectivity index (χ4v) is 3.34. The molecule has 0 aliphatic carbocycles. The second kappa shape index (κ2) is 7.96. The number of esters is 2. The highest BCUT2D eigenvalue weighted by molar-refractivity contribution is 6.35. The van der Waals surface area contributed by atoms with E-state index < -0.39 is 17.7 Å². The van der Waals surface area contributed by atoms with Gasteiger partial charge < -0.3 is 24.3 Å². The minimum Gasteiger partial charge on any atom is -0.486 e. The summed E-state index contributed by atoms with van der Waals surface area (Å²) >= 11 is 6.20. The van der Waals surface area contributed by atoms with Crippen molar-refractivity contribution in [1.82, 2.24) is 0 Å². The fraction of sp³-hybridized carbons (Fsp3) is 0.227. The van der Waals surface area contributed by atoms with E-state index in [0.717, 1.165) is 6.20 Å². The summed E-state index contributed by atoms with van der Waals surface area (Å²) in [5.74, 6) is -2.60. The van der Waals surface area contributed by atoms with E-state index in [2.05, 4.69) is 5.32 Å². The predicted octanol–water partition coefficient (Wildman–Crippen LogP) is 3.47. The number of ketones is 1. The van der Waals surface area contributed by atoms with Crippen molar-refractivity contribution in [2.45, 2.75) is 19.6 Å². The first-order chi connectivity index (χ1) is 14.7. The molecule has 2 aromatic rings. The van der Waals surface area contributed by atoms with Gasteiger partial charge in [0.05, 0.1) is 16.3 Å². The minimum atomic E-state index is -1.35. The number of rotatable bonds is 4. The molecule has 2 aliphatic rings. The Balaban J connectivity index is 1.73. The molecule has 31 heavy (non-hydrogen) atoms. The average molecular weight is 444 g/mol. The lowest BCUT2D eigenvalue weighted by Gasteiger charge is -2.29. The van der Waals surface area contributed by atoms with E-state index in [0.29, 0.717) is 24.7 Å². The van der Waals surface area contributed by atoms with Gasteiger partial charge in [-0.15, -0.1) is 0 Å². The highest BCUT2D eigenvalue weighted by Gasteiger charge is 2.39. The van der Waals surface area contributed by atoms with Gasteiger partial charge >= 0.3 is 11.9 Å². The Bertz CT molecular complexity index is 1100. The molecule has 0 unspecified atom stereocenters. The van der Waals surface area contributed by atoms with E-state index in [1.165, 1.54) is 19.9 Å². The molecule has 2 aromatic carbocycles. The van der Waals surface area contributed by atoms with Crippen LogP contribution in [0.15, 0.2) is 48.2 Å². The standard InChI is InChI=1S/C22H18ClNO7/c1-22(2)30-20(26)14(21(27)31-22)11-24-16-10-18-17(28-7-8-29-18)9-13(16)19(25)12-5-3-4-6-15(12)23/h3-6,9-11,24H,7-8H2,1-2H3. The van der Waals surface area contributed by atoms with E-state index >= 15 is 0 Å². The van der Waals surface area contributed by atoms with Crippen LogP contribution in [0, 0.1) is 0 Å². The number of anilines is 1. The van der Waals surface area contributed by atoms with Crippen LogP contribution in [0.2, 0.25) is 5.02 Å². The normalized spacial score (nSPS) is 16.8. The summed E-state index contributed by atoms with van der Waals surface area (Å²) in [5.41, 5.74) is 0.444. The highest BCUT2D eigenvalue weighted by Crippen LogP contribution is 2.37. The first-order valence-corrected chi connectivity index (χ1v) is 9.79. The highest BCUT2D eigenvalue weighted by atomic mass is 35.5. The van der Waals surface area contributed by atoms with Gasteiger partial charge in [0.1, 0.15) is 13.2 Å². The van der Waals surface area contributed by atoms with E-state index in [1.54, 1.807) is 30.3 Å². The number of carbonyl (C=O) groups excluding carboxylic acids is 3. The summed E-state index contributed by atoms with van der Waals surface area (Å²) < 4.78 is 21.3. The molecular formula is C22H18ClNO7. The number of carbonyl (C=O) groups is 3. The molecule has 1 N–H and O–H groups in total. The lowest BCUT2D eigenvalue weighted by molar-refractivity contribution is -0.222. The molecule has 4 rings (SSSR count). The predicted molar refractivity (Wildman–Crippen MR) is 110 cm³/mol. The molecule has 160 valence electrons. The summed E-state index contributed by atoms with van der Waals surface area (Å²) in [7, 11) is 0. The van der Waals surface area contributed by atoms with Crippen LogP contribution >= 0.6 is 11.6 Å². The number of benzene rings is 2. The maximum atomic E-state index is 13.2. The zero-order valence-electron chi connectivity index (χ0n) is 16.7. The third kappa shape index (κ3) is 4.20. The molecule has 9 heteroatoms. The number of fused-ring (bicyclic) bond motifs is 1. The van der Waals surface area contributed by atoms with Gasteiger partial charge in [0.2, 0.25) is 0 Å². The summed E-state index contributed by atoms with van der Waals surface area (Å²) in [4.78, 5) is 37.6. The number of hydrogen-bond acceptors (Lipinski definition) is 8. The number of hydrogen-bond donors (Lipinski definition) is 1. The van der Waals surface area contributed by atoms with E-state index in [1.807, 2.05) is 0 Å².